The molecule has 0 aromatic carbocycles. The molecule has 0 fully saturated rings. The van der Waals surface area contributed by atoms with Gasteiger partial charge >= 0.3 is 0 Å². The Kier molecular flexibility index (Phi) is 33.6. The van der Waals surface area contributed by atoms with Gasteiger partial charge in [-0.05, 0) is 25.7 Å². The molecule has 2 nitrogen and oxygen atoms in total. The fourth-order valence-electron chi connectivity index (χ4n) is 7.60. The lowest BCUT2D eigenvalue weighted by molar-refractivity contribution is 0.135. The van der Waals surface area contributed by atoms with Gasteiger partial charge in [-0.15, -0.1) is 0 Å². The molecule has 0 bridgehead atoms. The molecule has 0 N–H and O–H groups in total. The second kappa shape index (κ2) is 35.6. The molecule has 0 aliphatic carbocycles. The summed E-state index contributed by atoms with van der Waals surface area (Å²) in [6, 6.07) is 0. The normalized spacial score (nSPS) is 14.7. The van der Waals surface area contributed by atoms with Crippen LogP contribution in [-0.2, 0) is 0 Å². The van der Waals surface area contributed by atoms with E-state index in [4.69, 9.17) is 0 Å². The summed E-state index contributed by atoms with van der Waals surface area (Å²) in [5.41, 5.74) is 0. The minimum absolute atomic E-state index is 0.639. The molecule has 0 radical (unpaired) electrons. The van der Waals surface area contributed by atoms with Crippen LogP contribution in [0.3, 0.4) is 0 Å². The SMILES string of the molecule is CCCCCCCCCCCCCCCCCCCN1C=CN(CCCCCCC)C1CCCCCCCCCCCCCCC. The first kappa shape index (κ1) is 43.4. The van der Waals surface area contributed by atoms with Gasteiger partial charge in [-0.25, -0.2) is 0 Å². The van der Waals surface area contributed by atoms with Crippen molar-refractivity contribution in [3.05, 3.63) is 12.4 Å². The van der Waals surface area contributed by atoms with Gasteiger partial charge in [0.05, 0.1) is 0 Å². The molecule has 0 aromatic rings. The van der Waals surface area contributed by atoms with Crippen LogP contribution in [0.25, 0.3) is 0 Å². The summed E-state index contributed by atoms with van der Waals surface area (Å²) < 4.78 is 0. The molecule has 0 aromatic heterocycles. The lowest BCUT2D eigenvalue weighted by Gasteiger charge is -2.33. The molecule has 1 aliphatic rings. The third-order valence-electron chi connectivity index (χ3n) is 10.8. The van der Waals surface area contributed by atoms with Crippen molar-refractivity contribution in [2.75, 3.05) is 13.1 Å². The minimum Gasteiger partial charge on any atom is -0.356 e. The molecule has 46 heavy (non-hydrogen) atoms. The average molecular weight is 645 g/mol. The van der Waals surface area contributed by atoms with Gasteiger partial charge < -0.3 is 9.80 Å². The van der Waals surface area contributed by atoms with Crippen LogP contribution in [0.1, 0.15) is 252 Å². The maximum Gasteiger partial charge on any atom is 0.101 e. The van der Waals surface area contributed by atoms with Crippen LogP contribution >= 0.6 is 0 Å². The molecule has 0 spiro atoms. The fraction of sp³-hybridized carbons (Fsp3) is 0.955. The highest BCUT2D eigenvalue weighted by atomic mass is 15.4. The summed E-state index contributed by atoms with van der Waals surface area (Å²) in [5, 5.41) is 0. The van der Waals surface area contributed by atoms with Crippen LogP contribution in [0.2, 0.25) is 0 Å². The van der Waals surface area contributed by atoms with Gasteiger partial charge in [0.25, 0.3) is 0 Å². The third-order valence-corrected chi connectivity index (χ3v) is 10.8. The van der Waals surface area contributed by atoms with Crippen LogP contribution in [0.4, 0.5) is 0 Å². The minimum atomic E-state index is 0.639. The molecule has 0 amide bonds. The third kappa shape index (κ3) is 27.3. The maximum absolute atomic E-state index is 2.72. The average Bonchev–Trinajstić information content (AvgIpc) is 3.45. The number of nitrogens with zero attached hydrogens (tertiary/aromatic N) is 2. The first-order valence-corrected chi connectivity index (χ1v) is 22.0. The van der Waals surface area contributed by atoms with Crippen molar-refractivity contribution in [3.63, 3.8) is 0 Å². The van der Waals surface area contributed by atoms with Crippen molar-refractivity contribution >= 4 is 0 Å². The van der Waals surface area contributed by atoms with Crippen LogP contribution < -0.4 is 0 Å². The quantitative estimate of drug-likeness (QED) is 0.0617. The highest BCUT2D eigenvalue weighted by molar-refractivity contribution is 4.97. The van der Waals surface area contributed by atoms with E-state index in [9.17, 15) is 0 Å². The molecule has 274 valence electrons. The molecule has 1 heterocycles. The number of rotatable bonds is 38. The lowest BCUT2D eigenvalue weighted by Crippen LogP contribution is -2.39. The van der Waals surface area contributed by atoms with E-state index >= 15 is 0 Å². The summed E-state index contributed by atoms with van der Waals surface area (Å²) in [6.45, 7) is 9.48. The van der Waals surface area contributed by atoms with Crippen molar-refractivity contribution in [2.45, 2.75) is 258 Å². The Bertz CT molecular complexity index is 601. The van der Waals surface area contributed by atoms with Gasteiger partial charge in [0.2, 0.25) is 0 Å². The van der Waals surface area contributed by atoms with Gasteiger partial charge in [0, 0.05) is 25.5 Å². The van der Waals surface area contributed by atoms with Gasteiger partial charge in [0.1, 0.15) is 6.17 Å². The van der Waals surface area contributed by atoms with E-state index in [2.05, 4.69) is 43.0 Å². The number of hydrogen-bond acceptors (Lipinski definition) is 2. The zero-order valence-corrected chi connectivity index (χ0v) is 32.5. The van der Waals surface area contributed by atoms with Crippen molar-refractivity contribution in [3.8, 4) is 0 Å². The standard InChI is InChI=1S/C44H88N2/c1-4-7-10-13-15-17-19-21-22-23-24-26-28-30-32-35-38-41-46-43-42-45(40-37-34-12-9-6-3)44(46)39-36-33-31-29-27-25-20-18-16-14-11-8-5-2/h42-44H,4-41H2,1-3H3. The van der Waals surface area contributed by atoms with E-state index in [0.29, 0.717) is 6.17 Å². The highest BCUT2D eigenvalue weighted by Gasteiger charge is 2.24. The van der Waals surface area contributed by atoms with E-state index in [1.807, 2.05) is 0 Å². The van der Waals surface area contributed by atoms with Crippen molar-refractivity contribution in [1.29, 1.82) is 0 Å². The fourth-order valence-corrected chi connectivity index (χ4v) is 7.60. The highest BCUT2D eigenvalue weighted by Crippen LogP contribution is 2.24. The van der Waals surface area contributed by atoms with Gasteiger partial charge in [-0.3, -0.25) is 0 Å². The molecule has 2 heteroatoms. The Balaban J connectivity index is 2.10. The summed E-state index contributed by atoms with van der Waals surface area (Å²) in [4.78, 5) is 5.43. The van der Waals surface area contributed by atoms with Gasteiger partial charge in [-0.2, -0.15) is 0 Å². The van der Waals surface area contributed by atoms with Gasteiger partial charge in [-0.1, -0.05) is 226 Å². The molecule has 1 unspecified atom stereocenters. The Hall–Kier alpha value is -0.660. The monoisotopic (exact) mass is 645 g/mol. The largest absolute Gasteiger partial charge is 0.356 e. The summed E-state index contributed by atoms with van der Waals surface area (Å²) >= 11 is 0. The number of unbranched alkanes of at least 4 members (excludes halogenated alkanes) is 32. The van der Waals surface area contributed by atoms with Crippen LogP contribution in [0.15, 0.2) is 12.4 Å². The maximum atomic E-state index is 2.72. The zero-order valence-electron chi connectivity index (χ0n) is 32.5. The predicted molar refractivity (Wildman–Crippen MR) is 210 cm³/mol. The summed E-state index contributed by atoms with van der Waals surface area (Å²) in [7, 11) is 0. The van der Waals surface area contributed by atoms with Crippen molar-refractivity contribution in [2.24, 2.45) is 0 Å². The summed E-state index contributed by atoms with van der Waals surface area (Å²) in [6.07, 6.45) is 57.4. The Morgan fingerprint density at radius 2 is 0.500 bits per heavy atom. The first-order chi connectivity index (χ1) is 22.8. The van der Waals surface area contributed by atoms with E-state index in [0.717, 1.165) is 0 Å². The van der Waals surface area contributed by atoms with E-state index < -0.39 is 0 Å². The van der Waals surface area contributed by atoms with Crippen LogP contribution in [0.5, 0.6) is 0 Å². The Morgan fingerprint density at radius 1 is 0.283 bits per heavy atom. The Morgan fingerprint density at radius 3 is 0.761 bits per heavy atom. The van der Waals surface area contributed by atoms with Crippen LogP contribution in [-0.4, -0.2) is 29.1 Å². The van der Waals surface area contributed by atoms with Crippen molar-refractivity contribution in [1.82, 2.24) is 9.80 Å². The van der Waals surface area contributed by atoms with Crippen LogP contribution in [0, 0.1) is 0 Å². The Labute approximate surface area is 292 Å². The number of hydrogen-bond donors (Lipinski definition) is 0. The molecular formula is C44H88N2. The zero-order chi connectivity index (χ0) is 33.0. The molecule has 1 atom stereocenters. The summed E-state index contributed by atoms with van der Waals surface area (Å²) in [5.74, 6) is 0. The second-order valence-corrected chi connectivity index (χ2v) is 15.4. The molecular weight excluding hydrogens is 556 g/mol. The first-order valence-electron chi connectivity index (χ1n) is 22.0. The van der Waals surface area contributed by atoms with Gasteiger partial charge in [0.15, 0.2) is 0 Å². The molecule has 0 saturated carbocycles. The molecule has 0 saturated heterocycles. The van der Waals surface area contributed by atoms with Crippen molar-refractivity contribution < 1.29 is 0 Å². The topological polar surface area (TPSA) is 6.48 Å². The predicted octanol–water partition coefficient (Wildman–Crippen LogP) is 15.5. The molecule has 1 rings (SSSR count). The van der Waals surface area contributed by atoms with E-state index in [1.165, 1.54) is 244 Å². The lowest BCUT2D eigenvalue weighted by atomic mass is 10.0. The smallest absolute Gasteiger partial charge is 0.101 e. The van der Waals surface area contributed by atoms with E-state index in [-0.39, 0.29) is 0 Å². The molecule has 1 aliphatic heterocycles. The van der Waals surface area contributed by atoms with E-state index in [1.54, 1.807) is 0 Å². The second-order valence-electron chi connectivity index (χ2n) is 15.4.